The Hall–Kier alpha value is -1.84. The number of aryl methyl sites for hydroxylation is 2. The summed E-state index contributed by atoms with van der Waals surface area (Å²) in [6.45, 7) is 10.3. The van der Waals surface area contributed by atoms with E-state index >= 15 is 0 Å². The average molecular weight is 359 g/mol. The molecule has 0 bridgehead atoms. The van der Waals surface area contributed by atoms with Gasteiger partial charge in [0.2, 0.25) is 11.8 Å². The van der Waals surface area contributed by atoms with Crippen LogP contribution in [0.4, 0.5) is 5.69 Å². The molecule has 2 unspecified atom stereocenters. The predicted molar refractivity (Wildman–Crippen MR) is 107 cm³/mol. The maximum atomic E-state index is 12.9. The van der Waals surface area contributed by atoms with Crippen LogP contribution >= 0.6 is 0 Å². The largest absolute Gasteiger partial charge is 0.344 e. The lowest BCUT2D eigenvalue weighted by Gasteiger charge is -2.29. The molecule has 0 aromatic heterocycles. The minimum absolute atomic E-state index is 0.0396. The molecule has 1 saturated carbocycles. The number of hydrogen-bond donors (Lipinski definition) is 2. The van der Waals surface area contributed by atoms with E-state index in [-0.39, 0.29) is 23.7 Å². The van der Waals surface area contributed by atoms with Crippen molar-refractivity contribution in [3.05, 3.63) is 29.3 Å². The van der Waals surface area contributed by atoms with Crippen LogP contribution in [0.1, 0.15) is 64.0 Å². The van der Waals surface area contributed by atoms with Crippen LogP contribution in [-0.4, -0.2) is 17.9 Å². The number of amides is 2. The Morgan fingerprint density at radius 2 is 1.65 bits per heavy atom. The van der Waals surface area contributed by atoms with E-state index < -0.39 is 6.04 Å². The van der Waals surface area contributed by atoms with Crippen molar-refractivity contribution >= 4 is 17.5 Å². The van der Waals surface area contributed by atoms with Gasteiger partial charge in [-0.05, 0) is 74.6 Å². The zero-order chi connectivity index (χ0) is 19.3. The van der Waals surface area contributed by atoms with E-state index in [9.17, 15) is 9.59 Å². The number of anilines is 1. The maximum Gasteiger partial charge on any atom is 0.247 e. The third kappa shape index (κ3) is 5.58. The highest BCUT2D eigenvalue weighted by Crippen LogP contribution is 2.28. The minimum Gasteiger partial charge on any atom is -0.344 e. The average Bonchev–Trinajstić information content (AvgIpc) is 2.58. The van der Waals surface area contributed by atoms with Crippen molar-refractivity contribution in [1.29, 1.82) is 0 Å². The van der Waals surface area contributed by atoms with Crippen molar-refractivity contribution in [1.82, 2.24) is 5.32 Å². The highest BCUT2D eigenvalue weighted by Gasteiger charge is 2.30. The molecule has 0 heterocycles. The van der Waals surface area contributed by atoms with Gasteiger partial charge in [-0.1, -0.05) is 33.3 Å². The first-order valence-corrected chi connectivity index (χ1v) is 9.99. The van der Waals surface area contributed by atoms with Crippen LogP contribution < -0.4 is 10.6 Å². The molecule has 2 rings (SSSR count). The van der Waals surface area contributed by atoms with Gasteiger partial charge < -0.3 is 10.6 Å². The monoisotopic (exact) mass is 358 g/mol. The van der Waals surface area contributed by atoms with E-state index in [1.807, 2.05) is 32.9 Å². The van der Waals surface area contributed by atoms with E-state index in [0.717, 1.165) is 48.9 Å². The molecule has 2 amide bonds. The molecule has 26 heavy (non-hydrogen) atoms. The minimum atomic E-state index is -0.493. The zero-order valence-corrected chi connectivity index (χ0v) is 16.9. The first-order chi connectivity index (χ1) is 12.3. The Bertz CT molecular complexity index is 613. The number of rotatable bonds is 6. The van der Waals surface area contributed by atoms with Gasteiger partial charge in [-0.3, -0.25) is 9.59 Å². The molecule has 1 aliphatic carbocycles. The Balaban J connectivity index is 2.05. The van der Waals surface area contributed by atoms with Gasteiger partial charge in [-0.15, -0.1) is 0 Å². The normalized spacial score (nSPS) is 22.3. The highest BCUT2D eigenvalue weighted by molar-refractivity contribution is 5.97. The molecule has 4 nitrogen and oxygen atoms in total. The van der Waals surface area contributed by atoms with Crippen LogP contribution in [-0.2, 0) is 9.59 Å². The molecule has 1 aromatic rings. The quantitative estimate of drug-likeness (QED) is 0.781. The molecular formula is C22H34N2O2. The summed E-state index contributed by atoms with van der Waals surface area (Å²) in [6, 6.07) is 5.51. The second-order valence-corrected chi connectivity index (χ2v) is 8.19. The SMILES string of the molecule is CCC(C)C(NC(=O)C1CCC(C)CC1)C(=O)Nc1cc(C)cc(C)c1. The Kier molecular flexibility index (Phi) is 7.24. The highest BCUT2D eigenvalue weighted by atomic mass is 16.2. The summed E-state index contributed by atoms with van der Waals surface area (Å²) >= 11 is 0. The van der Waals surface area contributed by atoms with E-state index in [1.54, 1.807) is 0 Å². The fraction of sp³-hybridized carbons (Fsp3) is 0.636. The Morgan fingerprint density at radius 3 is 2.19 bits per heavy atom. The number of nitrogens with one attached hydrogen (secondary N) is 2. The van der Waals surface area contributed by atoms with Gasteiger partial charge in [-0.25, -0.2) is 0 Å². The van der Waals surface area contributed by atoms with Crippen molar-refractivity contribution in [2.24, 2.45) is 17.8 Å². The van der Waals surface area contributed by atoms with Crippen LogP contribution in [0, 0.1) is 31.6 Å². The van der Waals surface area contributed by atoms with Crippen molar-refractivity contribution < 1.29 is 9.59 Å². The summed E-state index contributed by atoms with van der Waals surface area (Å²) in [4.78, 5) is 25.6. The van der Waals surface area contributed by atoms with Gasteiger partial charge in [0, 0.05) is 11.6 Å². The predicted octanol–water partition coefficient (Wildman–Crippen LogP) is 4.60. The van der Waals surface area contributed by atoms with Gasteiger partial charge >= 0.3 is 0 Å². The molecule has 1 aliphatic rings. The molecule has 1 aromatic carbocycles. The van der Waals surface area contributed by atoms with Crippen LogP contribution in [0.15, 0.2) is 18.2 Å². The molecule has 2 N–H and O–H groups in total. The molecule has 1 fully saturated rings. The summed E-state index contributed by atoms with van der Waals surface area (Å²) in [5.74, 6) is 0.760. The molecule has 0 radical (unpaired) electrons. The van der Waals surface area contributed by atoms with Crippen molar-refractivity contribution in [2.45, 2.75) is 72.8 Å². The Labute approximate surface area is 158 Å². The second-order valence-electron chi connectivity index (χ2n) is 8.19. The zero-order valence-electron chi connectivity index (χ0n) is 16.9. The summed E-state index contributed by atoms with van der Waals surface area (Å²) < 4.78 is 0. The standard InChI is InChI=1S/C22H34N2O2/c1-6-17(5)20(24-21(25)18-9-7-14(2)8-10-18)22(26)23-19-12-15(3)11-16(4)13-19/h11-14,17-18,20H,6-10H2,1-5H3,(H,23,26)(H,24,25). The van der Waals surface area contributed by atoms with Crippen LogP contribution in [0.2, 0.25) is 0 Å². The van der Waals surface area contributed by atoms with E-state index in [0.29, 0.717) is 5.92 Å². The maximum absolute atomic E-state index is 12.9. The van der Waals surface area contributed by atoms with Crippen molar-refractivity contribution in [3.63, 3.8) is 0 Å². The number of hydrogen-bond acceptors (Lipinski definition) is 2. The van der Waals surface area contributed by atoms with Crippen molar-refractivity contribution in [2.75, 3.05) is 5.32 Å². The van der Waals surface area contributed by atoms with E-state index in [2.05, 4.69) is 30.5 Å². The lowest BCUT2D eigenvalue weighted by Crippen LogP contribution is -2.49. The number of benzene rings is 1. The molecule has 144 valence electrons. The fourth-order valence-corrected chi connectivity index (χ4v) is 3.76. The molecule has 4 heteroatoms. The fourth-order valence-electron chi connectivity index (χ4n) is 3.76. The van der Waals surface area contributed by atoms with Crippen molar-refractivity contribution in [3.8, 4) is 0 Å². The summed E-state index contributed by atoms with van der Waals surface area (Å²) in [5.41, 5.74) is 3.02. The summed E-state index contributed by atoms with van der Waals surface area (Å²) in [5, 5.41) is 6.05. The summed E-state index contributed by atoms with van der Waals surface area (Å²) in [7, 11) is 0. The van der Waals surface area contributed by atoms with Crippen LogP contribution in [0.3, 0.4) is 0 Å². The lowest BCUT2D eigenvalue weighted by molar-refractivity contribution is -0.131. The molecule has 0 aliphatic heterocycles. The third-order valence-corrected chi connectivity index (χ3v) is 5.67. The van der Waals surface area contributed by atoms with Crippen LogP contribution in [0.5, 0.6) is 0 Å². The smallest absolute Gasteiger partial charge is 0.247 e. The molecular weight excluding hydrogens is 324 g/mol. The van der Waals surface area contributed by atoms with Gasteiger partial charge in [-0.2, -0.15) is 0 Å². The second kappa shape index (κ2) is 9.20. The van der Waals surface area contributed by atoms with Gasteiger partial charge in [0.25, 0.3) is 0 Å². The first kappa shape index (κ1) is 20.5. The molecule has 0 saturated heterocycles. The lowest BCUT2D eigenvalue weighted by atomic mass is 9.82. The van der Waals surface area contributed by atoms with Gasteiger partial charge in [0.15, 0.2) is 0 Å². The van der Waals surface area contributed by atoms with E-state index in [4.69, 9.17) is 0 Å². The van der Waals surface area contributed by atoms with E-state index in [1.165, 1.54) is 0 Å². The summed E-state index contributed by atoms with van der Waals surface area (Å²) in [6.07, 6.45) is 4.90. The topological polar surface area (TPSA) is 58.2 Å². The molecule has 2 atom stereocenters. The first-order valence-electron chi connectivity index (χ1n) is 9.99. The third-order valence-electron chi connectivity index (χ3n) is 5.67. The van der Waals surface area contributed by atoms with Gasteiger partial charge in [0.1, 0.15) is 6.04 Å². The number of carbonyl (C=O) groups is 2. The van der Waals surface area contributed by atoms with Crippen LogP contribution in [0.25, 0.3) is 0 Å². The van der Waals surface area contributed by atoms with Gasteiger partial charge in [0.05, 0.1) is 0 Å². The Morgan fingerprint density at radius 1 is 1.08 bits per heavy atom. The number of carbonyl (C=O) groups excluding carboxylic acids is 2. The molecule has 0 spiro atoms.